The first-order valence-corrected chi connectivity index (χ1v) is 12.1. The Morgan fingerprint density at radius 2 is 2.08 bits per heavy atom. The van der Waals surface area contributed by atoms with Gasteiger partial charge in [-0.05, 0) is 25.1 Å². The summed E-state index contributed by atoms with van der Waals surface area (Å²) < 4.78 is 26.7. The standard InChI is InChI=1S/C25H26ClFN4O5/c1-3-18(33)29-7-8-31-15(12-29)13-36-23-20(25(31)34)24(30-9-10-35-14(2)11-30)28-22(21(23)26)19-16(27)5-4-6-17(19)32/h3-6,14-15,32H,1,7-13H2,2H3/t14-,15+/m0/s1. The summed E-state index contributed by atoms with van der Waals surface area (Å²) in [5, 5.41) is 10.4. The summed E-state index contributed by atoms with van der Waals surface area (Å²) in [6.07, 6.45) is 1.12. The van der Waals surface area contributed by atoms with E-state index in [1.807, 2.05) is 11.8 Å². The zero-order valence-corrected chi connectivity index (χ0v) is 20.5. The topological polar surface area (TPSA) is 95.4 Å². The summed E-state index contributed by atoms with van der Waals surface area (Å²) in [4.78, 5) is 36.0. The van der Waals surface area contributed by atoms with Gasteiger partial charge in [0.15, 0.2) is 5.75 Å². The van der Waals surface area contributed by atoms with Crippen molar-refractivity contribution in [2.45, 2.75) is 19.1 Å². The normalized spacial score (nSPS) is 21.9. The number of pyridine rings is 1. The molecule has 190 valence electrons. The lowest BCUT2D eigenvalue weighted by molar-refractivity contribution is -0.128. The van der Waals surface area contributed by atoms with Crippen LogP contribution in [0.3, 0.4) is 0 Å². The third kappa shape index (κ3) is 4.14. The number of phenolic OH excluding ortho intramolecular Hbond substituents is 1. The molecule has 0 aliphatic carbocycles. The molecule has 3 aliphatic heterocycles. The molecular formula is C25H26ClFN4O5. The molecule has 1 aromatic carbocycles. The summed E-state index contributed by atoms with van der Waals surface area (Å²) in [5.41, 5.74) is -0.00963. The van der Waals surface area contributed by atoms with Gasteiger partial charge < -0.3 is 29.3 Å². The average molecular weight is 517 g/mol. The number of aromatic nitrogens is 1. The smallest absolute Gasteiger partial charge is 0.261 e. The number of hydrogen-bond acceptors (Lipinski definition) is 7. The third-order valence-electron chi connectivity index (χ3n) is 6.71. The molecule has 36 heavy (non-hydrogen) atoms. The summed E-state index contributed by atoms with van der Waals surface area (Å²) in [6, 6.07) is 3.51. The van der Waals surface area contributed by atoms with Gasteiger partial charge in [-0.15, -0.1) is 0 Å². The second-order valence-electron chi connectivity index (χ2n) is 9.02. The molecule has 1 N–H and O–H groups in total. The molecule has 2 saturated heterocycles. The van der Waals surface area contributed by atoms with Crippen LogP contribution in [0.4, 0.5) is 10.2 Å². The number of halogens is 2. The first-order chi connectivity index (χ1) is 17.3. The van der Waals surface area contributed by atoms with Crippen LogP contribution in [0.2, 0.25) is 5.02 Å². The maximum atomic E-state index is 14.9. The highest BCUT2D eigenvalue weighted by Crippen LogP contribution is 2.46. The quantitative estimate of drug-likeness (QED) is 0.627. The van der Waals surface area contributed by atoms with Crippen molar-refractivity contribution in [3.63, 3.8) is 0 Å². The Balaban J connectivity index is 1.66. The SMILES string of the molecule is C=CC(=O)N1CCN2C(=O)c3c(N4CCO[C@@H](C)C4)nc(-c4c(O)cccc4F)c(Cl)c3OC[C@H]2C1. The number of morpholine rings is 1. The Morgan fingerprint density at radius 3 is 2.81 bits per heavy atom. The number of rotatable bonds is 3. The van der Waals surface area contributed by atoms with Gasteiger partial charge in [-0.3, -0.25) is 9.59 Å². The molecule has 4 heterocycles. The molecule has 0 bridgehead atoms. The second-order valence-corrected chi connectivity index (χ2v) is 9.39. The van der Waals surface area contributed by atoms with Crippen LogP contribution in [-0.2, 0) is 9.53 Å². The largest absolute Gasteiger partial charge is 0.507 e. The summed E-state index contributed by atoms with van der Waals surface area (Å²) >= 11 is 6.72. The molecule has 0 radical (unpaired) electrons. The van der Waals surface area contributed by atoms with E-state index in [-0.39, 0.29) is 70.2 Å². The summed E-state index contributed by atoms with van der Waals surface area (Å²) in [7, 11) is 0. The fraction of sp³-hybridized carbons (Fsp3) is 0.400. The van der Waals surface area contributed by atoms with Crippen molar-refractivity contribution >= 4 is 29.2 Å². The first kappa shape index (κ1) is 24.3. The van der Waals surface area contributed by atoms with E-state index in [1.165, 1.54) is 24.3 Å². The van der Waals surface area contributed by atoms with Gasteiger partial charge in [0.1, 0.15) is 40.3 Å². The van der Waals surface area contributed by atoms with Gasteiger partial charge in [0.25, 0.3) is 5.91 Å². The van der Waals surface area contributed by atoms with Gasteiger partial charge in [0.2, 0.25) is 5.91 Å². The molecule has 11 heteroatoms. The lowest BCUT2D eigenvalue weighted by atomic mass is 10.0. The Morgan fingerprint density at radius 1 is 1.28 bits per heavy atom. The van der Waals surface area contributed by atoms with E-state index in [1.54, 1.807) is 9.80 Å². The number of ether oxygens (including phenoxy) is 2. The van der Waals surface area contributed by atoms with Crippen molar-refractivity contribution in [1.82, 2.24) is 14.8 Å². The van der Waals surface area contributed by atoms with Crippen LogP contribution in [0, 0.1) is 5.82 Å². The Labute approximate surface area is 212 Å². The van der Waals surface area contributed by atoms with E-state index < -0.39 is 11.9 Å². The molecule has 3 aliphatic rings. The minimum atomic E-state index is -0.707. The van der Waals surface area contributed by atoms with Gasteiger partial charge in [0, 0.05) is 32.7 Å². The summed E-state index contributed by atoms with van der Waals surface area (Å²) in [5.74, 6) is -1.21. The zero-order valence-electron chi connectivity index (χ0n) is 19.7. The number of carbonyl (C=O) groups is 2. The highest BCUT2D eigenvalue weighted by atomic mass is 35.5. The number of phenols is 1. The van der Waals surface area contributed by atoms with Crippen LogP contribution >= 0.6 is 11.6 Å². The monoisotopic (exact) mass is 516 g/mol. The number of nitrogens with zero attached hydrogens (tertiary/aromatic N) is 4. The molecule has 2 atom stereocenters. The predicted octanol–water partition coefficient (Wildman–Crippen LogP) is 2.70. The zero-order chi connectivity index (χ0) is 25.6. The molecule has 0 spiro atoms. The van der Waals surface area contributed by atoms with Gasteiger partial charge in [0.05, 0.1) is 24.3 Å². The van der Waals surface area contributed by atoms with Crippen molar-refractivity contribution in [2.75, 3.05) is 50.8 Å². The van der Waals surface area contributed by atoms with E-state index in [0.717, 1.165) is 0 Å². The van der Waals surface area contributed by atoms with Gasteiger partial charge in [-0.25, -0.2) is 9.37 Å². The van der Waals surface area contributed by atoms with Crippen LogP contribution in [0.1, 0.15) is 17.3 Å². The Hall–Kier alpha value is -3.37. The number of anilines is 1. The first-order valence-electron chi connectivity index (χ1n) is 11.7. The van der Waals surface area contributed by atoms with Gasteiger partial charge in [-0.1, -0.05) is 24.2 Å². The number of piperazine rings is 1. The maximum absolute atomic E-state index is 14.9. The number of aromatic hydroxyl groups is 1. The van der Waals surface area contributed by atoms with Crippen molar-refractivity contribution in [2.24, 2.45) is 0 Å². The van der Waals surface area contributed by atoms with E-state index >= 15 is 0 Å². The fourth-order valence-corrected chi connectivity index (χ4v) is 5.21. The molecule has 0 saturated carbocycles. The maximum Gasteiger partial charge on any atom is 0.261 e. The Bertz CT molecular complexity index is 1220. The van der Waals surface area contributed by atoms with E-state index in [4.69, 9.17) is 21.1 Å². The molecule has 5 rings (SSSR count). The minimum Gasteiger partial charge on any atom is -0.507 e. The average Bonchev–Trinajstić information content (AvgIpc) is 3.01. The molecule has 2 fully saturated rings. The molecule has 2 aromatic rings. The van der Waals surface area contributed by atoms with E-state index in [2.05, 4.69) is 11.6 Å². The van der Waals surface area contributed by atoms with Gasteiger partial charge in [-0.2, -0.15) is 0 Å². The van der Waals surface area contributed by atoms with Crippen molar-refractivity contribution in [1.29, 1.82) is 0 Å². The molecule has 0 unspecified atom stereocenters. The second kappa shape index (κ2) is 9.59. The predicted molar refractivity (Wildman–Crippen MR) is 131 cm³/mol. The molecule has 1 aromatic heterocycles. The van der Waals surface area contributed by atoms with Gasteiger partial charge >= 0.3 is 0 Å². The van der Waals surface area contributed by atoms with E-state index in [0.29, 0.717) is 32.8 Å². The van der Waals surface area contributed by atoms with Crippen molar-refractivity contribution < 1.29 is 28.6 Å². The lowest BCUT2D eigenvalue weighted by Crippen LogP contribution is -2.57. The van der Waals surface area contributed by atoms with Crippen LogP contribution in [0.15, 0.2) is 30.9 Å². The van der Waals surface area contributed by atoms with Crippen LogP contribution < -0.4 is 9.64 Å². The number of fused-ring (bicyclic) bond motifs is 2. The third-order valence-corrected chi connectivity index (χ3v) is 7.06. The Kier molecular flexibility index (Phi) is 6.48. The van der Waals surface area contributed by atoms with Crippen molar-refractivity contribution in [3.05, 3.63) is 47.3 Å². The van der Waals surface area contributed by atoms with Crippen LogP contribution in [-0.4, -0.2) is 89.8 Å². The lowest BCUT2D eigenvalue weighted by Gasteiger charge is -2.40. The van der Waals surface area contributed by atoms with Crippen molar-refractivity contribution in [3.8, 4) is 22.8 Å². The van der Waals surface area contributed by atoms with Crippen LogP contribution in [0.5, 0.6) is 11.5 Å². The fourth-order valence-electron chi connectivity index (χ4n) is 4.93. The molecule has 9 nitrogen and oxygen atoms in total. The molecular weight excluding hydrogens is 491 g/mol. The number of carbonyl (C=O) groups excluding carboxylic acids is 2. The highest BCUT2D eigenvalue weighted by molar-refractivity contribution is 6.35. The van der Waals surface area contributed by atoms with E-state index in [9.17, 15) is 19.1 Å². The minimum absolute atomic E-state index is 0.0173. The highest BCUT2D eigenvalue weighted by Gasteiger charge is 2.41. The van der Waals surface area contributed by atoms with Crippen LogP contribution in [0.25, 0.3) is 11.3 Å². The summed E-state index contributed by atoms with van der Waals surface area (Å²) in [6.45, 7) is 7.78. The molecule has 2 amide bonds. The number of hydrogen-bond donors (Lipinski definition) is 1. The number of amides is 2. The number of benzene rings is 1.